The lowest BCUT2D eigenvalue weighted by atomic mass is 10.4. The van der Waals surface area contributed by atoms with Crippen LogP contribution >= 0.6 is 0 Å². The van der Waals surface area contributed by atoms with Crippen LogP contribution in [0.2, 0.25) is 0 Å². The van der Waals surface area contributed by atoms with E-state index in [-0.39, 0.29) is 0 Å². The number of aryl methyl sites for hydroxylation is 3. The molecule has 0 bridgehead atoms. The van der Waals surface area contributed by atoms with E-state index in [1.54, 1.807) is 21.8 Å². The van der Waals surface area contributed by atoms with E-state index in [4.69, 9.17) is 4.42 Å². The molecule has 0 aliphatic rings. The molecule has 102 valence electrons. The number of nitrogens with zero attached hydrogens (tertiary/aromatic N) is 6. The van der Waals surface area contributed by atoms with Crippen molar-refractivity contribution < 1.29 is 4.42 Å². The zero-order chi connectivity index (χ0) is 14.1. The first kappa shape index (κ1) is 12.3. The van der Waals surface area contributed by atoms with Crippen molar-refractivity contribution in [2.45, 2.75) is 20.8 Å². The predicted molar refractivity (Wildman–Crippen MR) is 73.1 cm³/mol. The fourth-order valence-electron chi connectivity index (χ4n) is 1.92. The molecule has 0 amide bonds. The van der Waals surface area contributed by atoms with Gasteiger partial charge in [-0.15, -0.1) is 10.2 Å². The van der Waals surface area contributed by atoms with E-state index >= 15 is 0 Å². The van der Waals surface area contributed by atoms with Crippen LogP contribution in [-0.4, -0.2) is 30.9 Å². The molecule has 3 rings (SSSR count). The fraction of sp³-hybridized carbons (Fsp3) is 0.231. The van der Waals surface area contributed by atoms with Gasteiger partial charge in [0.25, 0.3) is 5.95 Å². The Morgan fingerprint density at radius 1 is 1.25 bits per heavy atom. The van der Waals surface area contributed by atoms with Gasteiger partial charge in [-0.25, -0.2) is 4.68 Å². The fourth-order valence-corrected chi connectivity index (χ4v) is 1.92. The highest BCUT2D eigenvalue weighted by Gasteiger charge is 2.13. The Morgan fingerprint density at radius 3 is 2.75 bits per heavy atom. The number of rotatable bonds is 3. The molecule has 0 aliphatic carbocycles. The van der Waals surface area contributed by atoms with Gasteiger partial charge in [0.15, 0.2) is 5.82 Å². The van der Waals surface area contributed by atoms with Gasteiger partial charge in [-0.1, -0.05) is 0 Å². The van der Waals surface area contributed by atoms with Crippen molar-refractivity contribution in [1.29, 1.82) is 0 Å². The monoisotopic (exact) mass is 270 g/mol. The first-order valence-electron chi connectivity index (χ1n) is 6.18. The molecule has 0 saturated heterocycles. The van der Waals surface area contributed by atoms with Crippen LogP contribution in [0.1, 0.15) is 23.0 Å². The summed E-state index contributed by atoms with van der Waals surface area (Å²) >= 11 is 0. The lowest BCUT2D eigenvalue weighted by Crippen LogP contribution is -2.07. The van der Waals surface area contributed by atoms with Gasteiger partial charge >= 0.3 is 0 Å². The van der Waals surface area contributed by atoms with Crippen LogP contribution in [0.3, 0.4) is 0 Å². The molecule has 0 unspecified atom stereocenters. The summed E-state index contributed by atoms with van der Waals surface area (Å²) in [6.07, 6.45) is 3.22. The van der Waals surface area contributed by atoms with E-state index in [0.29, 0.717) is 17.5 Å². The normalized spacial score (nSPS) is 11.6. The zero-order valence-electron chi connectivity index (χ0n) is 11.5. The molecule has 0 spiro atoms. The SMILES string of the molecule is Cc1cc(C)n(-c2nnc(C)n2/N=C\c2ccco2)n1. The molecule has 7 nitrogen and oxygen atoms in total. The van der Waals surface area contributed by atoms with Crippen LogP contribution in [0.5, 0.6) is 0 Å². The van der Waals surface area contributed by atoms with E-state index < -0.39 is 0 Å². The van der Waals surface area contributed by atoms with E-state index in [0.717, 1.165) is 11.4 Å². The van der Waals surface area contributed by atoms with Gasteiger partial charge < -0.3 is 4.42 Å². The second kappa shape index (κ2) is 4.76. The van der Waals surface area contributed by atoms with E-state index in [1.165, 1.54) is 0 Å². The van der Waals surface area contributed by atoms with Crippen molar-refractivity contribution in [2.24, 2.45) is 5.10 Å². The third-order valence-electron chi connectivity index (χ3n) is 2.82. The van der Waals surface area contributed by atoms with Gasteiger partial charge in [-0.3, -0.25) is 0 Å². The molecule has 0 radical (unpaired) electrons. The van der Waals surface area contributed by atoms with Crippen LogP contribution in [0.15, 0.2) is 34.0 Å². The van der Waals surface area contributed by atoms with Crippen LogP contribution < -0.4 is 0 Å². The lowest BCUT2D eigenvalue weighted by Gasteiger charge is -2.03. The van der Waals surface area contributed by atoms with Crippen LogP contribution in [0, 0.1) is 20.8 Å². The maximum absolute atomic E-state index is 5.22. The molecular weight excluding hydrogens is 256 g/mol. The summed E-state index contributed by atoms with van der Waals surface area (Å²) in [5, 5.41) is 16.9. The van der Waals surface area contributed by atoms with Gasteiger partial charge in [0.05, 0.1) is 18.2 Å². The lowest BCUT2D eigenvalue weighted by molar-refractivity contribution is 0.559. The molecule has 3 heterocycles. The quantitative estimate of drug-likeness (QED) is 0.681. The summed E-state index contributed by atoms with van der Waals surface area (Å²) in [5.74, 6) is 1.89. The summed E-state index contributed by atoms with van der Waals surface area (Å²) in [4.78, 5) is 0. The third-order valence-corrected chi connectivity index (χ3v) is 2.82. The Kier molecular flexibility index (Phi) is 2.94. The van der Waals surface area contributed by atoms with Crippen molar-refractivity contribution in [2.75, 3.05) is 0 Å². The Bertz CT molecular complexity index is 750. The minimum atomic E-state index is 0.552. The van der Waals surface area contributed by atoms with Gasteiger partial charge in [-0.2, -0.15) is 14.9 Å². The predicted octanol–water partition coefficient (Wildman–Crippen LogP) is 1.86. The molecule has 3 aromatic heterocycles. The summed E-state index contributed by atoms with van der Waals surface area (Å²) in [5.41, 5.74) is 1.90. The van der Waals surface area contributed by atoms with Gasteiger partial charge in [0.2, 0.25) is 0 Å². The van der Waals surface area contributed by atoms with Crippen molar-refractivity contribution in [3.8, 4) is 5.95 Å². The minimum Gasteiger partial charge on any atom is -0.463 e. The second-order valence-electron chi connectivity index (χ2n) is 4.46. The highest BCUT2D eigenvalue weighted by molar-refractivity contribution is 5.75. The zero-order valence-corrected chi connectivity index (χ0v) is 11.5. The second-order valence-corrected chi connectivity index (χ2v) is 4.46. The largest absolute Gasteiger partial charge is 0.463 e. The number of hydrogen-bond donors (Lipinski definition) is 0. The molecule has 0 aliphatic heterocycles. The average Bonchev–Trinajstić information content (AvgIpc) is 3.09. The van der Waals surface area contributed by atoms with Crippen molar-refractivity contribution in [3.05, 3.63) is 47.4 Å². The van der Waals surface area contributed by atoms with E-state index in [9.17, 15) is 0 Å². The standard InChI is InChI=1S/C13H14N6O/c1-9-7-10(2)18(17-9)13-16-15-11(3)19(13)14-8-12-5-4-6-20-12/h4-8H,1-3H3/b14-8-. The molecule has 0 atom stereocenters. The molecule has 7 heteroatoms. The summed E-state index contributed by atoms with van der Waals surface area (Å²) in [6, 6.07) is 5.61. The Hall–Kier alpha value is -2.70. The Morgan fingerprint density at radius 2 is 2.10 bits per heavy atom. The maximum atomic E-state index is 5.22. The van der Waals surface area contributed by atoms with Gasteiger partial charge in [0.1, 0.15) is 5.76 Å². The first-order chi connectivity index (χ1) is 9.65. The minimum absolute atomic E-state index is 0.552. The van der Waals surface area contributed by atoms with Crippen molar-refractivity contribution in [1.82, 2.24) is 24.7 Å². The van der Waals surface area contributed by atoms with Crippen LogP contribution in [0.25, 0.3) is 5.95 Å². The summed E-state index contributed by atoms with van der Waals surface area (Å²) < 4.78 is 8.56. The molecule has 0 fully saturated rings. The number of furan rings is 1. The Labute approximate surface area is 115 Å². The van der Waals surface area contributed by atoms with Gasteiger partial charge in [0, 0.05) is 5.69 Å². The number of aromatic nitrogens is 5. The molecule has 0 saturated carbocycles. The average molecular weight is 270 g/mol. The highest BCUT2D eigenvalue weighted by atomic mass is 16.3. The maximum Gasteiger partial charge on any atom is 0.273 e. The Balaban J connectivity index is 2.04. The smallest absolute Gasteiger partial charge is 0.273 e. The van der Waals surface area contributed by atoms with E-state index in [1.807, 2.05) is 39.0 Å². The summed E-state index contributed by atoms with van der Waals surface area (Å²) in [6.45, 7) is 5.73. The summed E-state index contributed by atoms with van der Waals surface area (Å²) in [7, 11) is 0. The molecule has 0 aromatic carbocycles. The van der Waals surface area contributed by atoms with Gasteiger partial charge in [-0.05, 0) is 39.0 Å². The first-order valence-corrected chi connectivity index (χ1v) is 6.18. The molecular formula is C13H14N6O. The highest BCUT2D eigenvalue weighted by Crippen LogP contribution is 2.11. The number of hydrogen-bond acceptors (Lipinski definition) is 5. The molecule has 0 N–H and O–H groups in total. The van der Waals surface area contributed by atoms with Crippen molar-refractivity contribution in [3.63, 3.8) is 0 Å². The third kappa shape index (κ3) is 2.13. The van der Waals surface area contributed by atoms with Crippen LogP contribution in [0.4, 0.5) is 0 Å². The molecule has 3 aromatic rings. The van der Waals surface area contributed by atoms with E-state index in [2.05, 4.69) is 20.4 Å². The molecule has 20 heavy (non-hydrogen) atoms. The van der Waals surface area contributed by atoms with Crippen molar-refractivity contribution >= 4 is 6.21 Å². The topological polar surface area (TPSA) is 74.0 Å². The van der Waals surface area contributed by atoms with Crippen LogP contribution in [-0.2, 0) is 0 Å².